The van der Waals surface area contributed by atoms with Gasteiger partial charge in [-0.1, -0.05) is 0 Å². The molecule has 1 N–H and O–H groups in total. The smallest absolute Gasteiger partial charge is 0.308 e. The number of carbonyl (C=O) groups excluding carboxylic acids is 2. The second kappa shape index (κ2) is 6.20. The van der Waals surface area contributed by atoms with Crippen LogP contribution in [-0.2, 0) is 20.9 Å². The van der Waals surface area contributed by atoms with Crippen molar-refractivity contribution in [2.45, 2.75) is 25.8 Å². The summed E-state index contributed by atoms with van der Waals surface area (Å²) in [7, 11) is 0. The third-order valence-electron chi connectivity index (χ3n) is 5.71. The van der Waals surface area contributed by atoms with Crippen LogP contribution in [0.1, 0.15) is 25.0 Å². The van der Waals surface area contributed by atoms with Gasteiger partial charge >= 0.3 is 5.97 Å². The molecule has 2 aliphatic heterocycles. The van der Waals surface area contributed by atoms with Gasteiger partial charge < -0.3 is 19.3 Å². The number of furan rings is 1. The highest BCUT2D eigenvalue weighted by molar-refractivity contribution is 5.89. The van der Waals surface area contributed by atoms with E-state index in [0.29, 0.717) is 31.3 Å². The molecule has 2 saturated heterocycles. The van der Waals surface area contributed by atoms with Crippen LogP contribution in [0, 0.1) is 23.7 Å². The number of likely N-dealkylation sites (tertiary alicyclic amines) is 2. The molecular weight excluding hydrogens is 324 g/mol. The lowest BCUT2D eigenvalue weighted by Gasteiger charge is -2.21. The maximum absolute atomic E-state index is 12.8. The number of hydrogen-bond donors (Lipinski definition) is 1. The van der Waals surface area contributed by atoms with Gasteiger partial charge in [0.1, 0.15) is 5.76 Å². The third kappa shape index (κ3) is 3.15. The summed E-state index contributed by atoms with van der Waals surface area (Å²) < 4.78 is 5.27. The molecule has 1 aliphatic carbocycles. The van der Waals surface area contributed by atoms with Crippen molar-refractivity contribution in [3.63, 3.8) is 0 Å². The number of carbonyl (C=O) groups is 3. The van der Waals surface area contributed by atoms with Gasteiger partial charge in [-0.3, -0.25) is 14.4 Å². The highest BCUT2D eigenvalue weighted by Gasteiger charge is 2.48. The summed E-state index contributed by atoms with van der Waals surface area (Å²) in [5.41, 5.74) is 0. The fourth-order valence-electron chi connectivity index (χ4n) is 4.21. The van der Waals surface area contributed by atoms with E-state index in [2.05, 4.69) is 0 Å². The minimum atomic E-state index is -0.811. The van der Waals surface area contributed by atoms with E-state index in [9.17, 15) is 19.5 Å². The number of carboxylic acid groups (broad SMARTS) is 1. The Morgan fingerprint density at radius 1 is 1.24 bits per heavy atom. The normalized spacial score (nSPS) is 29.4. The molecule has 0 bridgehead atoms. The molecule has 3 fully saturated rings. The molecule has 0 spiro atoms. The Hall–Kier alpha value is -2.31. The van der Waals surface area contributed by atoms with Gasteiger partial charge in [-0.2, -0.15) is 0 Å². The van der Waals surface area contributed by atoms with E-state index in [0.717, 1.165) is 12.8 Å². The van der Waals surface area contributed by atoms with E-state index in [-0.39, 0.29) is 36.6 Å². The minimum Gasteiger partial charge on any atom is -0.481 e. The maximum Gasteiger partial charge on any atom is 0.308 e. The van der Waals surface area contributed by atoms with Crippen molar-refractivity contribution in [2.75, 3.05) is 19.6 Å². The third-order valence-corrected chi connectivity index (χ3v) is 5.71. The molecule has 7 heteroatoms. The lowest BCUT2D eigenvalue weighted by atomic mass is 9.92. The summed E-state index contributed by atoms with van der Waals surface area (Å²) in [6.45, 7) is 1.54. The van der Waals surface area contributed by atoms with Crippen LogP contribution in [0.5, 0.6) is 0 Å². The summed E-state index contributed by atoms with van der Waals surface area (Å²) in [5.74, 6) is -0.580. The fourth-order valence-corrected chi connectivity index (χ4v) is 4.21. The summed E-state index contributed by atoms with van der Waals surface area (Å²) in [6, 6.07) is 3.58. The predicted molar refractivity (Wildman–Crippen MR) is 86.2 cm³/mol. The van der Waals surface area contributed by atoms with Crippen LogP contribution >= 0.6 is 0 Å². The zero-order valence-corrected chi connectivity index (χ0v) is 14.0. The quantitative estimate of drug-likeness (QED) is 0.865. The monoisotopic (exact) mass is 346 g/mol. The molecule has 1 aromatic rings. The van der Waals surface area contributed by atoms with Crippen LogP contribution in [0.4, 0.5) is 0 Å². The zero-order chi connectivity index (χ0) is 17.6. The van der Waals surface area contributed by atoms with Crippen molar-refractivity contribution in [1.82, 2.24) is 9.80 Å². The Morgan fingerprint density at radius 2 is 2.04 bits per heavy atom. The molecule has 25 heavy (non-hydrogen) atoms. The number of aliphatic carboxylic acids is 1. The van der Waals surface area contributed by atoms with Crippen molar-refractivity contribution < 1.29 is 23.9 Å². The van der Waals surface area contributed by atoms with Gasteiger partial charge in [0.05, 0.1) is 24.6 Å². The Kier molecular flexibility index (Phi) is 4.01. The van der Waals surface area contributed by atoms with Crippen molar-refractivity contribution in [3.8, 4) is 0 Å². The van der Waals surface area contributed by atoms with Gasteiger partial charge in [-0.25, -0.2) is 0 Å². The first-order valence-electron chi connectivity index (χ1n) is 8.84. The van der Waals surface area contributed by atoms with Crippen molar-refractivity contribution >= 4 is 17.8 Å². The second-order valence-corrected chi connectivity index (χ2v) is 7.44. The topological polar surface area (TPSA) is 91.1 Å². The van der Waals surface area contributed by atoms with E-state index in [4.69, 9.17) is 4.42 Å². The number of amides is 2. The SMILES string of the molecule is O=C(O)[C@H]1CN(C(=O)C2CC(=O)N(Cc3ccco3)C2)C[C@@H]1C1CC1. The highest BCUT2D eigenvalue weighted by Crippen LogP contribution is 2.44. The van der Waals surface area contributed by atoms with E-state index in [1.165, 1.54) is 0 Å². The van der Waals surface area contributed by atoms with E-state index in [1.54, 1.807) is 28.2 Å². The Labute approximate surface area is 145 Å². The molecule has 3 aliphatic rings. The molecule has 134 valence electrons. The van der Waals surface area contributed by atoms with Gasteiger partial charge in [0.2, 0.25) is 11.8 Å². The van der Waals surface area contributed by atoms with E-state index < -0.39 is 11.9 Å². The van der Waals surface area contributed by atoms with Crippen LogP contribution in [0.2, 0.25) is 0 Å². The first-order valence-corrected chi connectivity index (χ1v) is 8.84. The van der Waals surface area contributed by atoms with Gasteiger partial charge in [-0.15, -0.1) is 0 Å². The van der Waals surface area contributed by atoms with Gasteiger partial charge in [0, 0.05) is 26.1 Å². The maximum atomic E-state index is 12.8. The molecule has 3 atom stereocenters. The lowest BCUT2D eigenvalue weighted by Crippen LogP contribution is -2.36. The van der Waals surface area contributed by atoms with Gasteiger partial charge in [-0.05, 0) is 36.8 Å². The summed E-state index contributed by atoms with van der Waals surface area (Å²) in [4.78, 5) is 39.9. The lowest BCUT2D eigenvalue weighted by molar-refractivity contribution is -0.143. The zero-order valence-electron chi connectivity index (χ0n) is 14.0. The minimum absolute atomic E-state index is 0.0533. The first-order chi connectivity index (χ1) is 12.0. The Morgan fingerprint density at radius 3 is 2.68 bits per heavy atom. The molecule has 7 nitrogen and oxygen atoms in total. The summed E-state index contributed by atoms with van der Waals surface area (Å²) >= 11 is 0. The number of nitrogens with zero attached hydrogens (tertiary/aromatic N) is 2. The number of carboxylic acids is 1. The average molecular weight is 346 g/mol. The first kappa shape index (κ1) is 16.2. The van der Waals surface area contributed by atoms with Gasteiger partial charge in [0.15, 0.2) is 0 Å². The van der Waals surface area contributed by atoms with E-state index in [1.807, 2.05) is 0 Å². The summed E-state index contributed by atoms with van der Waals surface area (Å²) in [6.07, 6.45) is 3.89. The van der Waals surface area contributed by atoms with Crippen LogP contribution in [0.25, 0.3) is 0 Å². The summed E-state index contributed by atoms with van der Waals surface area (Å²) in [5, 5.41) is 9.44. The molecule has 3 heterocycles. The number of hydrogen-bond acceptors (Lipinski definition) is 4. The largest absolute Gasteiger partial charge is 0.481 e. The molecule has 1 unspecified atom stereocenters. The average Bonchev–Trinajstić information content (AvgIpc) is 3.00. The molecule has 0 aromatic carbocycles. The second-order valence-electron chi connectivity index (χ2n) is 7.44. The Bertz CT molecular complexity index is 682. The van der Waals surface area contributed by atoms with E-state index >= 15 is 0 Å². The molecule has 1 aromatic heterocycles. The van der Waals surface area contributed by atoms with Crippen LogP contribution in [-0.4, -0.2) is 52.3 Å². The van der Waals surface area contributed by atoms with Crippen LogP contribution < -0.4 is 0 Å². The van der Waals surface area contributed by atoms with Crippen molar-refractivity contribution in [1.29, 1.82) is 0 Å². The van der Waals surface area contributed by atoms with Crippen molar-refractivity contribution in [2.24, 2.45) is 23.7 Å². The fraction of sp³-hybridized carbons (Fsp3) is 0.611. The van der Waals surface area contributed by atoms with Crippen molar-refractivity contribution in [3.05, 3.63) is 24.2 Å². The molecule has 1 saturated carbocycles. The van der Waals surface area contributed by atoms with Crippen LogP contribution in [0.15, 0.2) is 22.8 Å². The predicted octanol–water partition coefficient (Wildman–Crippen LogP) is 1.20. The molecule has 2 amide bonds. The highest BCUT2D eigenvalue weighted by atomic mass is 16.4. The number of rotatable bonds is 5. The molecule has 0 radical (unpaired) electrons. The standard InChI is InChI=1S/C18H22N2O5/c21-16-6-12(7-19(16)8-13-2-1-5-25-13)17(22)20-9-14(11-3-4-11)15(10-20)18(23)24/h1-2,5,11-12,14-15H,3-4,6-10H2,(H,23,24)/t12?,14-,15+/m1/s1. The molecule has 4 rings (SSSR count). The van der Waals surface area contributed by atoms with Gasteiger partial charge in [0.25, 0.3) is 0 Å². The Balaban J connectivity index is 1.39. The molecular formula is C18H22N2O5. The van der Waals surface area contributed by atoms with Crippen LogP contribution in [0.3, 0.4) is 0 Å².